The van der Waals surface area contributed by atoms with Crippen LogP contribution in [0.15, 0.2) is 30.3 Å². The van der Waals surface area contributed by atoms with Gasteiger partial charge in [-0.25, -0.2) is 0 Å². The molecule has 0 atom stereocenters. The maximum Gasteiger partial charge on any atom is 0.310 e. The molecule has 1 N–H and O–H groups in total. The molecule has 0 aromatic heterocycles. The minimum Gasteiger partial charge on any atom is -0.481 e. The van der Waals surface area contributed by atoms with E-state index in [1.807, 2.05) is 0 Å². The predicted molar refractivity (Wildman–Crippen MR) is 77.6 cm³/mol. The molecule has 2 heteroatoms. The van der Waals surface area contributed by atoms with Crippen molar-refractivity contribution in [2.45, 2.75) is 56.8 Å². The van der Waals surface area contributed by atoms with Crippen molar-refractivity contribution in [3.63, 3.8) is 0 Å². The van der Waals surface area contributed by atoms with Crippen molar-refractivity contribution in [1.82, 2.24) is 0 Å². The first kappa shape index (κ1) is 12.4. The Morgan fingerprint density at radius 3 is 1.85 bits per heavy atom. The molecule has 0 heterocycles. The molecule has 0 unspecified atom stereocenters. The van der Waals surface area contributed by atoms with Gasteiger partial charge >= 0.3 is 5.97 Å². The van der Waals surface area contributed by atoms with E-state index in [4.69, 9.17) is 0 Å². The summed E-state index contributed by atoms with van der Waals surface area (Å²) in [5, 5.41) is 9.65. The molecule has 4 saturated carbocycles. The van der Waals surface area contributed by atoms with Crippen molar-refractivity contribution in [1.29, 1.82) is 0 Å². The summed E-state index contributed by atoms with van der Waals surface area (Å²) in [6.45, 7) is 0. The van der Waals surface area contributed by atoms with E-state index < -0.39 is 5.97 Å². The van der Waals surface area contributed by atoms with Gasteiger partial charge in [0.05, 0.1) is 5.41 Å². The van der Waals surface area contributed by atoms with Crippen LogP contribution < -0.4 is 0 Å². The average Bonchev–Trinajstić information content (AvgIpc) is 3.32. The molecule has 20 heavy (non-hydrogen) atoms. The zero-order valence-corrected chi connectivity index (χ0v) is 11.9. The van der Waals surface area contributed by atoms with Gasteiger partial charge in [-0.2, -0.15) is 0 Å². The summed E-state index contributed by atoms with van der Waals surface area (Å²) < 4.78 is 0. The van der Waals surface area contributed by atoms with Gasteiger partial charge in [-0.3, -0.25) is 4.79 Å². The second-order valence-electron chi connectivity index (χ2n) is 7.31. The van der Waals surface area contributed by atoms with Crippen molar-refractivity contribution in [2.24, 2.45) is 10.8 Å². The van der Waals surface area contributed by atoms with Crippen molar-refractivity contribution in [3.05, 3.63) is 35.9 Å². The third-order valence-corrected chi connectivity index (χ3v) is 6.81. The third-order valence-electron chi connectivity index (χ3n) is 6.81. The second kappa shape index (κ2) is 3.87. The fourth-order valence-corrected chi connectivity index (χ4v) is 5.22. The maximum absolute atomic E-state index is 11.7. The predicted octanol–water partition coefficient (Wildman–Crippen LogP) is 4.14. The normalized spacial score (nSPS) is 37.6. The fourth-order valence-electron chi connectivity index (χ4n) is 5.22. The van der Waals surface area contributed by atoms with Crippen LogP contribution in [-0.4, -0.2) is 11.1 Å². The topological polar surface area (TPSA) is 37.3 Å². The molecule has 0 radical (unpaired) electrons. The lowest BCUT2D eigenvalue weighted by atomic mass is 9.47. The average molecular weight is 270 g/mol. The fraction of sp³-hybridized carbons (Fsp3) is 0.611. The van der Waals surface area contributed by atoms with E-state index in [-0.39, 0.29) is 10.8 Å². The van der Waals surface area contributed by atoms with Crippen molar-refractivity contribution < 1.29 is 9.90 Å². The molecule has 4 aliphatic carbocycles. The number of carboxylic acid groups (broad SMARTS) is 1. The van der Waals surface area contributed by atoms with E-state index in [2.05, 4.69) is 30.3 Å². The smallest absolute Gasteiger partial charge is 0.310 e. The Morgan fingerprint density at radius 1 is 0.850 bits per heavy atom. The molecule has 0 saturated heterocycles. The molecule has 4 fully saturated rings. The van der Waals surface area contributed by atoms with Gasteiger partial charge in [-0.1, -0.05) is 30.3 Å². The zero-order chi connectivity index (χ0) is 13.8. The number of carbonyl (C=O) groups is 1. The van der Waals surface area contributed by atoms with E-state index >= 15 is 0 Å². The summed E-state index contributed by atoms with van der Waals surface area (Å²) >= 11 is 0. The van der Waals surface area contributed by atoms with Gasteiger partial charge in [-0.05, 0) is 67.8 Å². The van der Waals surface area contributed by atoms with Crippen LogP contribution in [0.3, 0.4) is 0 Å². The molecular formula is C18H22O2. The molecule has 1 aromatic rings. The van der Waals surface area contributed by atoms with Crippen LogP contribution >= 0.6 is 0 Å². The van der Waals surface area contributed by atoms with Crippen LogP contribution in [0.4, 0.5) is 0 Å². The number of hydrogen-bond donors (Lipinski definition) is 1. The van der Waals surface area contributed by atoms with E-state index in [0.29, 0.717) is 5.41 Å². The van der Waals surface area contributed by atoms with E-state index in [1.54, 1.807) is 0 Å². The molecule has 106 valence electrons. The van der Waals surface area contributed by atoms with Gasteiger partial charge < -0.3 is 5.11 Å². The molecule has 2 nitrogen and oxygen atoms in total. The van der Waals surface area contributed by atoms with Crippen molar-refractivity contribution >= 4 is 5.97 Å². The number of rotatable bonds is 3. The van der Waals surface area contributed by atoms with Crippen LogP contribution in [0.2, 0.25) is 0 Å². The summed E-state index contributed by atoms with van der Waals surface area (Å²) in [6, 6.07) is 10.9. The highest BCUT2D eigenvalue weighted by molar-refractivity contribution is 5.79. The Labute approximate surface area is 120 Å². The van der Waals surface area contributed by atoms with Gasteiger partial charge in [-0.15, -0.1) is 0 Å². The van der Waals surface area contributed by atoms with Crippen LogP contribution in [0.1, 0.15) is 56.9 Å². The van der Waals surface area contributed by atoms with Crippen LogP contribution in [0.25, 0.3) is 0 Å². The molecular weight excluding hydrogens is 248 g/mol. The molecule has 0 spiro atoms. The minimum absolute atomic E-state index is 0.120. The Bertz CT molecular complexity index is 517. The summed E-state index contributed by atoms with van der Waals surface area (Å²) in [5.41, 5.74) is 1.59. The molecule has 1 aromatic carbocycles. The van der Waals surface area contributed by atoms with Gasteiger partial charge in [0.2, 0.25) is 0 Å². The molecule has 2 bridgehead atoms. The SMILES string of the molecule is O=C(O)C1(C23CCC(c4ccccc4)(CC2)CC3)CC1. The second-order valence-corrected chi connectivity index (χ2v) is 7.31. The van der Waals surface area contributed by atoms with Crippen LogP contribution in [0, 0.1) is 10.8 Å². The number of carboxylic acids is 1. The third kappa shape index (κ3) is 1.43. The maximum atomic E-state index is 11.7. The lowest BCUT2D eigenvalue weighted by molar-refractivity contribution is -0.154. The Morgan fingerprint density at radius 2 is 1.40 bits per heavy atom. The molecule has 5 rings (SSSR count). The number of hydrogen-bond acceptors (Lipinski definition) is 1. The minimum atomic E-state index is -0.522. The number of aliphatic carboxylic acids is 1. The van der Waals surface area contributed by atoms with Crippen LogP contribution in [0.5, 0.6) is 0 Å². The Balaban J connectivity index is 1.63. The van der Waals surface area contributed by atoms with Gasteiger partial charge in [0, 0.05) is 0 Å². The summed E-state index contributed by atoms with van der Waals surface area (Å²) in [7, 11) is 0. The van der Waals surface area contributed by atoms with Crippen molar-refractivity contribution in [2.75, 3.05) is 0 Å². The van der Waals surface area contributed by atoms with Gasteiger partial charge in [0.1, 0.15) is 0 Å². The summed E-state index contributed by atoms with van der Waals surface area (Å²) in [6.07, 6.45) is 8.75. The van der Waals surface area contributed by atoms with Crippen LogP contribution in [-0.2, 0) is 10.2 Å². The monoisotopic (exact) mass is 270 g/mol. The number of benzene rings is 1. The van der Waals surface area contributed by atoms with E-state index in [1.165, 1.54) is 24.8 Å². The molecule has 0 aliphatic heterocycles. The quantitative estimate of drug-likeness (QED) is 0.896. The molecule has 4 aliphatic rings. The lowest BCUT2D eigenvalue weighted by Gasteiger charge is -2.56. The highest BCUT2D eigenvalue weighted by atomic mass is 16.4. The highest BCUT2D eigenvalue weighted by Crippen LogP contribution is 2.71. The summed E-state index contributed by atoms with van der Waals surface area (Å²) in [5.74, 6) is -0.522. The lowest BCUT2D eigenvalue weighted by Crippen LogP contribution is -2.50. The summed E-state index contributed by atoms with van der Waals surface area (Å²) in [4.78, 5) is 11.7. The van der Waals surface area contributed by atoms with E-state index in [9.17, 15) is 9.90 Å². The first-order valence-electron chi connectivity index (χ1n) is 7.92. The van der Waals surface area contributed by atoms with Gasteiger partial charge in [0.15, 0.2) is 0 Å². The molecule has 0 amide bonds. The first-order valence-corrected chi connectivity index (χ1v) is 7.92. The Hall–Kier alpha value is -1.31. The Kier molecular flexibility index (Phi) is 2.40. The first-order chi connectivity index (χ1) is 9.63. The zero-order valence-electron chi connectivity index (χ0n) is 11.9. The van der Waals surface area contributed by atoms with Gasteiger partial charge in [0.25, 0.3) is 0 Å². The van der Waals surface area contributed by atoms with Crippen molar-refractivity contribution in [3.8, 4) is 0 Å². The number of fused-ring (bicyclic) bond motifs is 3. The largest absolute Gasteiger partial charge is 0.481 e. The van der Waals surface area contributed by atoms with E-state index in [0.717, 1.165) is 32.1 Å². The standard InChI is InChI=1S/C18H22O2/c19-15(20)18(12-13-18)17-9-6-16(7-10-17,8-11-17)14-4-2-1-3-5-14/h1-5H,6-13H2,(H,19,20). The highest BCUT2D eigenvalue weighted by Gasteiger charge is 2.67.